The Balaban J connectivity index is 2.16. The molecule has 0 aromatic carbocycles. The van der Waals surface area contributed by atoms with Crippen molar-refractivity contribution in [1.82, 2.24) is 15.1 Å². The fraction of sp³-hybridized carbons (Fsp3) is 0.769. The Labute approximate surface area is 109 Å². The van der Waals surface area contributed by atoms with Gasteiger partial charge in [0.05, 0.1) is 18.8 Å². The minimum atomic E-state index is -0.487. The van der Waals surface area contributed by atoms with Gasteiger partial charge in [-0.05, 0) is 12.0 Å². The van der Waals surface area contributed by atoms with Crippen LogP contribution in [0, 0.1) is 5.92 Å². The van der Waals surface area contributed by atoms with E-state index in [4.69, 9.17) is 0 Å². The topological polar surface area (TPSA) is 70.3 Å². The van der Waals surface area contributed by atoms with Gasteiger partial charge in [-0.25, -0.2) is 0 Å². The van der Waals surface area contributed by atoms with E-state index in [1.54, 1.807) is 10.9 Å². The molecule has 0 radical (unpaired) electrons. The molecule has 104 valence electrons. The minimum absolute atomic E-state index is 0.334. The molecule has 1 aromatic heterocycles. The lowest BCUT2D eigenvalue weighted by atomic mass is 9.96. The predicted molar refractivity (Wildman–Crippen MR) is 71.2 cm³/mol. The fourth-order valence-electron chi connectivity index (χ4n) is 2.09. The van der Waals surface area contributed by atoms with E-state index in [9.17, 15) is 10.2 Å². The molecule has 0 aliphatic rings. The summed E-state index contributed by atoms with van der Waals surface area (Å²) in [5.41, 5.74) is 0. The van der Waals surface area contributed by atoms with Crippen LogP contribution in [0.5, 0.6) is 0 Å². The van der Waals surface area contributed by atoms with E-state index in [1.165, 1.54) is 0 Å². The third kappa shape index (κ3) is 5.16. The highest BCUT2D eigenvalue weighted by atomic mass is 16.3. The zero-order valence-corrected chi connectivity index (χ0v) is 11.3. The van der Waals surface area contributed by atoms with Crippen LogP contribution in [-0.2, 0) is 6.54 Å². The van der Waals surface area contributed by atoms with E-state index in [0.717, 1.165) is 12.8 Å². The highest BCUT2D eigenvalue weighted by Gasteiger charge is 2.15. The minimum Gasteiger partial charge on any atom is -0.392 e. The molecule has 0 fully saturated rings. The van der Waals surface area contributed by atoms with Crippen molar-refractivity contribution in [1.29, 1.82) is 0 Å². The van der Waals surface area contributed by atoms with Gasteiger partial charge in [-0.3, -0.25) is 4.68 Å². The summed E-state index contributed by atoms with van der Waals surface area (Å²) in [6.07, 6.45) is 4.65. The molecular formula is C13H25N3O2. The summed E-state index contributed by atoms with van der Waals surface area (Å²) < 4.78 is 1.70. The molecule has 5 nitrogen and oxygen atoms in total. The lowest BCUT2D eigenvalue weighted by Gasteiger charge is -2.21. The highest BCUT2D eigenvalue weighted by molar-refractivity contribution is 4.79. The van der Waals surface area contributed by atoms with Crippen LogP contribution in [0.1, 0.15) is 26.7 Å². The largest absolute Gasteiger partial charge is 0.392 e. The average molecular weight is 255 g/mol. The third-order valence-electron chi connectivity index (χ3n) is 3.28. The molecule has 18 heavy (non-hydrogen) atoms. The van der Waals surface area contributed by atoms with Crippen molar-refractivity contribution in [3.05, 3.63) is 18.5 Å². The van der Waals surface area contributed by atoms with E-state index < -0.39 is 6.10 Å². The van der Waals surface area contributed by atoms with Gasteiger partial charge in [-0.2, -0.15) is 5.10 Å². The average Bonchev–Trinajstić information content (AvgIpc) is 2.83. The number of aromatic nitrogens is 2. The summed E-state index contributed by atoms with van der Waals surface area (Å²) in [4.78, 5) is 0. The molecule has 2 atom stereocenters. The van der Waals surface area contributed by atoms with Gasteiger partial charge in [0, 0.05) is 25.5 Å². The van der Waals surface area contributed by atoms with Crippen molar-refractivity contribution in [2.24, 2.45) is 5.92 Å². The summed E-state index contributed by atoms with van der Waals surface area (Å²) in [6, 6.07) is 1.83. The molecule has 5 heteroatoms. The molecule has 0 saturated carbocycles. The fourth-order valence-corrected chi connectivity index (χ4v) is 2.09. The summed E-state index contributed by atoms with van der Waals surface area (Å²) in [5.74, 6) is 0.334. The van der Waals surface area contributed by atoms with E-state index >= 15 is 0 Å². The molecule has 1 heterocycles. The number of nitrogens with zero attached hydrogens (tertiary/aromatic N) is 2. The second-order valence-corrected chi connectivity index (χ2v) is 4.68. The predicted octanol–water partition coefficient (Wildman–Crippen LogP) is 0.631. The van der Waals surface area contributed by atoms with E-state index in [1.807, 2.05) is 12.3 Å². The van der Waals surface area contributed by atoms with Gasteiger partial charge in [0.25, 0.3) is 0 Å². The quantitative estimate of drug-likeness (QED) is 0.605. The molecule has 1 rings (SSSR count). The van der Waals surface area contributed by atoms with Crippen LogP contribution in [0.2, 0.25) is 0 Å². The molecule has 0 amide bonds. The summed E-state index contributed by atoms with van der Waals surface area (Å²) in [6.45, 7) is 5.65. The monoisotopic (exact) mass is 255 g/mol. The number of aliphatic hydroxyl groups is 2. The molecule has 0 aliphatic carbocycles. The Morgan fingerprint density at radius 2 is 1.94 bits per heavy atom. The van der Waals surface area contributed by atoms with Crippen LogP contribution in [0.4, 0.5) is 0 Å². The van der Waals surface area contributed by atoms with E-state index in [-0.39, 0.29) is 6.10 Å². The van der Waals surface area contributed by atoms with Crippen molar-refractivity contribution in [2.45, 2.75) is 45.4 Å². The van der Waals surface area contributed by atoms with Crippen LogP contribution in [0.15, 0.2) is 18.5 Å². The van der Waals surface area contributed by atoms with Gasteiger partial charge in [0.2, 0.25) is 0 Å². The number of aliphatic hydroxyl groups excluding tert-OH is 2. The number of hydrogen-bond donors (Lipinski definition) is 3. The Morgan fingerprint density at radius 1 is 1.22 bits per heavy atom. The Morgan fingerprint density at radius 3 is 2.50 bits per heavy atom. The number of nitrogens with one attached hydrogen (secondary N) is 1. The van der Waals surface area contributed by atoms with Gasteiger partial charge in [0.15, 0.2) is 0 Å². The molecule has 1 aromatic rings. The second-order valence-electron chi connectivity index (χ2n) is 4.68. The Hall–Kier alpha value is -0.910. The first-order valence-corrected chi connectivity index (χ1v) is 6.71. The Bertz CT molecular complexity index is 299. The third-order valence-corrected chi connectivity index (χ3v) is 3.28. The normalized spacial score (nSPS) is 14.9. The smallest absolute Gasteiger partial charge is 0.0860 e. The maximum atomic E-state index is 9.92. The maximum absolute atomic E-state index is 9.92. The van der Waals surface area contributed by atoms with Gasteiger partial charge in [-0.1, -0.05) is 26.7 Å². The standard InChI is InChI=1S/C13H25N3O2/c1-3-11(4-2)13(18)9-14-8-12(17)10-16-7-5-6-15-16/h5-7,11-14,17-18H,3-4,8-10H2,1-2H3. The first kappa shape index (κ1) is 15.1. The van der Waals surface area contributed by atoms with E-state index in [0.29, 0.717) is 25.6 Å². The second kappa shape index (κ2) is 8.24. The molecule has 0 aliphatic heterocycles. The van der Waals surface area contributed by atoms with Crippen LogP contribution in [-0.4, -0.2) is 45.3 Å². The van der Waals surface area contributed by atoms with Crippen molar-refractivity contribution >= 4 is 0 Å². The van der Waals surface area contributed by atoms with Crippen LogP contribution in [0.3, 0.4) is 0 Å². The summed E-state index contributed by atoms with van der Waals surface area (Å²) >= 11 is 0. The first-order valence-electron chi connectivity index (χ1n) is 6.71. The first-order chi connectivity index (χ1) is 8.67. The Kier molecular flexibility index (Phi) is 6.93. The number of hydrogen-bond acceptors (Lipinski definition) is 4. The van der Waals surface area contributed by atoms with Gasteiger partial charge >= 0.3 is 0 Å². The van der Waals surface area contributed by atoms with Crippen molar-refractivity contribution in [2.75, 3.05) is 13.1 Å². The molecule has 0 bridgehead atoms. The van der Waals surface area contributed by atoms with Gasteiger partial charge in [0.1, 0.15) is 0 Å². The van der Waals surface area contributed by atoms with Crippen molar-refractivity contribution in [3.8, 4) is 0 Å². The van der Waals surface area contributed by atoms with Crippen LogP contribution < -0.4 is 5.32 Å². The molecule has 0 saturated heterocycles. The summed E-state index contributed by atoms with van der Waals surface area (Å²) in [7, 11) is 0. The van der Waals surface area contributed by atoms with Crippen LogP contribution in [0.25, 0.3) is 0 Å². The maximum Gasteiger partial charge on any atom is 0.0860 e. The molecule has 2 unspecified atom stereocenters. The summed E-state index contributed by atoms with van der Waals surface area (Å²) in [5, 5.41) is 26.8. The highest BCUT2D eigenvalue weighted by Crippen LogP contribution is 2.12. The zero-order valence-electron chi connectivity index (χ0n) is 11.3. The lowest BCUT2D eigenvalue weighted by Crippen LogP contribution is -2.37. The van der Waals surface area contributed by atoms with Gasteiger partial charge < -0.3 is 15.5 Å². The van der Waals surface area contributed by atoms with Gasteiger partial charge in [-0.15, -0.1) is 0 Å². The van der Waals surface area contributed by atoms with E-state index in [2.05, 4.69) is 24.3 Å². The van der Waals surface area contributed by atoms with Crippen LogP contribution >= 0.6 is 0 Å². The lowest BCUT2D eigenvalue weighted by molar-refractivity contribution is 0.0916. The molecule has 3 N–H and O–H groups in total. The molecule has 0 spiro atoms. The zero-order chi connectivity index (χ0) is 13.4. The van der Waals surface area contributed by atoms with Crippen molar-refractivity contribution < 1.29 is 10.2 Å². The molecular weight excluding hydrogens is 230 g/mol. The van der Waals surface area contributed by atoms with Crippen molar-refractivity contribution in [3.63, 3.8) is 0 Å². The number of rotatable bonds is 9. The SMILES string of the molecule is CCC(CC)C(O)CNCC(O)Cn1cccn1.